The Bertz CT molecular complexity index is 354. The number of nitriles is 1. The van der Waals surface area contributed by atoms with E-state index in [0.29, 0.717) is 0 Å². The van der Waals surface area contributed by atoms with Gasteiger partial charge in [0.1, 0.15) is 0 Å². The minimum Gasteiger partial charge on any atom is -0.293 e. The fourth-order valence-electron chi connectivity index (χ4n) is 1.25. The molecule has 86 valence electrons. The Hall–Kier alpha value is -1.54. The number of alkyl halides is 3. The summed E-state index contributed by atoms with van der Waals surface area (Å²) in [5, 5.41) is 10.9. The first kappa shape index (κ1) is 12.5. The maximum Gasteiger partial charge on any atom is 0.401 e. The molecule has 0 saturated heterocycles. The van der Waals surface area contributed by atoms with Gasteiger partial charge < -0.3 is 0 Å². The van der Waals surface area contributed by atoms with Gasteiger partial charge in [0.2, 0.25) is 0 Å². The van der Waals surface area contributed by atoms with Crippen LogP contribution in [-0.4, -0.2) is 18.8 Å². The van der Waals surface area contributed by atoms with Crippen LogP contribution < -0.4 is 5.32 Å². The van der Waals surface area contributed by atoms with Crippen molar-refractivity contribution in [1.82, 2.24) is 5.32 Å². The minimum atomic E-state index is -4.29. The molecule has 0 aliphatic carbocycles. The van der Waals surface area contributed by atoms with Crippen LogP contribution in [0.2, 0.25) is 0 Å². The molecule has 1 aromatic carbocycles. The van der Waals surface area contributed by atoms with Crippen molar-refractivity contribution in [3.63, 3.8) is 0 Å². The summed E-state index contributed by atoms with van der Waals surface area (Å²) in [6.45, 7) is -1.14. The van der Waals surface area contributed by atoms with E-state index in [1.165, 1.54) is 0 Å². The normalized spacial score (nSPS) is 13.1. The van der Waals surface area contributed by atoms with Crippen LogP contribution in [0.25, 0.3) is 0 Å². The maximum absolute atomic E-state index is 11.9. The SMILES string of the molecule is N#CC(Cc1ccccc1)NCC(F)(F)F. The fraction of sp³-hybridized carbons (Fsp3) is 0.364. The molecular formula is C11H11F3N2. The summed E-state index contributed by atoms with van der Waals surface area (Å²) in [4.78, 5) is 0. The molecule has 0 spiro atoms. The van der Waals surface area contributed by atoms with Crippen LogP contribution in [0.1, 0.15) is 5.56 Å². The van der Waals surface area contributed by atoms with E-state index in [1.807, 2.05) is 12.1 Å². The van der Waals surface area contributed by atoms with Crippen molar-refractivity contribution in [1.29, 1.82) is 5.26 Å². The number of benzene rings is 1. The first-order valence-electron chi connectivity index (χ1n) is 4.75. The summed E-state index contributed by atoms with van der Waals surface area (Å²) in [6.07, 6.45) is -4.01. The Balaban J connectivity index is 2.48. The molecule has 0 aliphatic heterocycles. The van der Waals surface area contributed by atoms with Gasteiger partial charge in [-0.25, -0.2) is 0 Å². The predicted molar refractivity (Wildman–Crippen MR) is 53.6 cm³/mol. The number of nitrogens with one attached hydrogen (secondary N) is 1. The lowest BCUT2D eigenvalue weighted by molar-refractivity contribution is -0.125. The van der Waals surface area contributed by atoms with E-state index < -0.39 is 18.8 Å². The Morgan fingerprint density at radius 2 is 1.88 bits per heavy atom. The Morgan fingerprint density at radius 3 is 2.38 bits per heavy atom. The zero-order valence-corrected chi connectivity index (χ0v) is 8.46. The van der Waals surface area contributed by atoms with Crippen LogP contribution in [0, 0.1) is 11.3 Å². The summed E-state index contributed by atoms with van der Waals surface area (Å²) in [5.74, 6) is 0. The van der Waals surface area contributed by atoms with Crippen molar-refractivity contribution in [3.05, 3.63) is 35.9 Å². The zero-order chi connectivity index (χ0) is 12.0. The van der Waals surface area contributed by atoms with Crippen molar-refractivity contribution >= 4 is 0 Å². The summed E-state index contributed by atoms with van der Waals surface area (Å²) in [6, 6.07) is 9.94. The lowest BCUT2D eigenvalue weighted by Crippen LogP contribution is -2.37. The van der Waals surface area contributed by atoms with Gasteiger partial charge in [-0.15, -0.1) is 0 Å². The van der Waals surface area contributed by atoms with Gasteiger partial charge in [-0.1, -0.05) is 30.3 Å². The summed E-state index contributed by atoms with van der Waals surface area (Å²) in [7, 11) is 0. The zero-order valence-electron chi connectivity index (χ0n) is 8.46. The quantitative estimate of drug-likeness (QED) is 0.858. The van der Waals surface area contributed by atoms with E-state index in [2.05, 4.69) is 5.32 Å². The average molecular weight is 228 g/mol. The molecule has 0 saturated carbocycles. The second-order valence-electron chi connectivity index (χ2n) is 3.37. The van der Waals surface area contributed by atoms with Gasteiger partial charge in [-0.05, 0) is 5.56 Å². The molecule has 0 fully saturated rings. The van der Waals surface area contributed by atoms with Gasteiger partial charge in [0, 0.05) is 6.42 Å². The van der Waals surface area contributed by atoms with Gasteiger partial charge in [-0.3, -0.25) is 5.32 Å². The van der Waals surface area contributed by atoms with Crippen LogP contribution in [0.4, 0.5) is 13.2 Å². The smallest absolute Gasteiger partial charge is 0.293 e. The lowest BCUT2D eigenvalue weighted by atomic mass is 10.1. The Labute approximate surface area is 91.7 Å². The molecule has 16 heavy (non-hydrogen) atoms. The van der Waals surface area contributed by atoms with E-state index in [1.54, 1.807) is 24.3 Å². The number of halogens is 3. The number of hydrogen-bond donors (Lipinski definition) is 1. The molecule has 0 bridgehead atoms. The molecule has 5 heteroatoms. The van der Waals surface area contributed by atoms with Gasteiger partial charge in [0.25, 0.3) is 0 Å². The van der Waals surface area contributed by atoms with Crippen molar-refractivity contribution in [2.75, 3.05) is 6.54 Å². The predicted octanol–water partition coefficient (Wildman–Crippen LogP) is 2.27. The third kappa shape index (κ3) is 4.80. The van der Waals surface area contributed by atoms with E-state index in [9.17, 15) is 13.2 Å². The molecule has 0 aromatic heterocycles. The van der Waals surface area contributed by atoms with Crippen LogP contribution in [0.5, 0.6) is 0 Å². The topological polar surface area (TPSA) is 35.8 Å². The molecule has 1 aromatic rings. The molecule has 1 rings (SSSR count). The standard InChI is InChI=1S/C11H11F3N2/c12-11(13,14)8-16-10(7-15)6-9-4-2-1-3-5-9/h1-5,10,16H,6,8H2. The van der Waals surface area contributed by atoms with Crippen molar-refractivity contribution in [3.8, 4) is 6.07 Å². The van der Waals surface area contributed by atoms with Crippen LogP contribution >= 0.6 is 0 Å². The van der Waals surface area contributed by atoms with Crippen LogP contribution in [0.15, 0.2) is 30.3 Å². The first-order valence-corrected chi connectivity index (χ1v) is 4.75. The van der Waals surface area contributed by atoms with Gasteiger partial charge in [0.15, 0.2) is 0 Å². The second-order valence-corrected chi connectivity index (χ2v) is 3.37. The second kappa shape index (κ2) is 5.52. The summed E-state index contributed by atoms with van der Waals surface area (Å²) in [5.41, 5.74) is 0.837. The maximum atomic E-state index is 11.9. The fourth-order valence-corrected chi connectivity index (χ4v) is 1.25. The van der Waals surface area contributed by atoms with E-state index >= 15 is 0 Å². The van der Waals surface area contributed by atoms with E-state index in [4.69, 9.17) is 5.26 Å². The number of hydrogen-bond acceptors (Lipinski definition) is 2. The van der Waals surface area contributed by atoms with E-state index in [0.717, 1.165) is 5.56 Å². The summed E-state index contributed by atoms with van der Waals surface area (Å²) < 4.78 is 35.8. The van der Waals surface area contributed by atoms with Crippen molar-refractivity contribution < 1.29 is 13.2 Å². The van der Waals surface area contributed by atoms with Crippen molar-refractivity contribution in [2.24, 2.45) is 0 Å². The largest absolute Gasteiger partial charge is 0.401 e. The van der Waals surface area contributed by atoms with Crippen LogP contribution in [-0.2, 0) is 6.42 Å². The highest BCUT2D eigenvalue weighted by atomic mass is 19.4. The molecule has 2 nitrogen and oxygen atoms in total. The minimum absolute atomic E-state index is 0.271. The highest BCUT2D eigenvalue weighted by Gasteiger charge is 2.27. The molecule has 0 amide bonds. The first-order chi connectivity index (χ1) is 7.51. The monoisotopic (exact) mass is 228 g/mol. The van der Waals surface area contributed by atoms with Gasteiger partial charge in [0.05, 0.1) is 18.7 Å². The highest BCUT2D eigenvalue weighted by Crippen LogP contribution is 2.13. The number of rotatable bonds is 4. The molecule has 1 atom stereocenters. The number of nitrogens with zero attached hydrogens (tertiary/aromatic N) is 1. The molecule has 0 aliphatic rings. The van der Waals surface area contributed by atoms with E-state index in [-0.39, 0.29) is 6.42 Å². The van der Waals surface area contributed by atoms with Gasteiger partial charge >= 0.3 is 6.18 Å². The summed E-state index contributed by atoms with van der Waals surface area (Å²) >= 11 is 0. The third-order valence-electron chi connectivity index (χ3n) is 1.99. The molecular weight excluding hydrogens is 217 g/mol. The lowest BCUT2D eigenvalue weighted by Gasteiger charge is -2.13. The highest BCUT2D eigenvalue weighted by molar-refractivity contribution is 5.17. The van der Waals surface area contributed by atoms with Gasteiger partial charge in [-0.2, -0.15) is 18.4 Å². The van der Waals surface area contributed by atoms with Crippen LogP contribution in [0.3, 0.4) is 0 Å². The molecule has 0 radical (unpaired) electrons. The molecule has 1 N–H and O–H groups in total. The third-order valence-corrected chi connectivity index (χ3v) is 1.99. The Kier molecular flexibility index (Phi) is 4.32. The Morgan fingerprint density at radius 1 is 1.25 bits per heavy atom. The molecule has 1 unspecified atom stereocenters. The van der Waals surface area contributed by atoms with Crippen molar-refractivity contribution in [2.45, 2.75) is 18.6 Å². The average Bonchev–Trinajstić information content (AvgIpc) is 2.24. The molecule has 0 heterocycles.